The van der Waals surface area contributed by atoms with Gasteiger partial charge in [0, 0.05) is 26.7 Å². The lowest BCUT2D eigenvalue weighted by atomic mass is 9.91. The van der Waals surface area contributed by atoms with Crippen molar-refractivity contribution in [2.24, 2.45) is 0 Å². The van der Waals surface area contributed by atoms with E-state index >= 15 is 0 Å². The van der Waals surface area contributed by atoms with Crippen LogP contribution in [0.4, 0.5) is 0 Å². The molecule has 0 fully saturated rings. The van der Waals surface area contributed by atoms with Crippen LogP contribution in [0.15, 0.2) is 76.5 Å². The van der Waals surface area contributed by atoms with Crippen LogP contribution in [-0.2, 0) is 6.42 Å². The normalized spacial score (nSPS) is 22.8. The Labute approximate surface area is 191 Å². The van der Waals surface area contributed by atoms with Gasteiger partial charge in [-0.1, -0.05) is 87.4 Å². The third-order valence-corrected chi connectivity index (χ3v) is 15.2. The van der Waals surface area contributed by atoms with Gasteiger partial charge in [0.2, 0.25) is 0 Å². The maximum atomic E-state index is 2.55. The van der Waals surface area contributed by atoms with Crippen LogP contribution in [0.2, 0.25) is 0 Å². The molecule has 2 heteroatoms. The molecule has 0 saturated heterocycles. The zero-order valence-electron chi connectivity index (χ0n) is 18.5. The minimum Gasteiger partial charge on any atom is -0.134 e. The van der Waals surface area contributed by atoms with Gasteiger partial charge in [0.1, 0.15) is 0 Å². The molecule has 1 atom stereocenters. The highest BCUT2D eigenvalue weighted by Gasteiger charge is 2.44. The molecule has 0 saturated carbocycles. The fraction of sp³-hybridized carbons (Fsp3) is 0.310. The number of hydrogen-bond acceptors (Lipinski definition) is 1. The predicted octanol–water partition coefficient (Wildman–Crippen LogP) is 9.37. The van der Waals surface area contributed by atoms with Gasteiger partial charge in [-0.15, -0.1) is 19.9 Å². The van der Waals surface area contributed by atoms with Crippen molar-refractivity contribution in [2.75, 3.05) is 5.75 Å². The minimum atomic E-state index is -1.14. The molecule has 0 bridgehead atoms. The predicted molar refractivity (Wildman–Crippen MR) is 141 cm³/mol. The third kappa shape index (κ3) is 2.84. The standard InChI is InChI=1S/C29H30S2/c1-20(2)31-26-17-16-21-11-6-8-14-24(21)27(26)28-25-15-9-7-12-22(25)19-23(29(28)31)13-5-3-4-10-18-30-31/h6-9,11-12,14-17,19-20H,3-5,10,13,18H2,1-2H3. The molecular weight excluding hydrogens is 412 g/mol. The Morgan fingerprint density at radius 2 is 1.45 bits per heavy atom. The Morgan fingerprint density at radius 3 is 2.26 bits per heavy atom. The molecule has 2 aliphatic rings. The van der Waals surface area contributed by atoms with E-state index in [2.05, 4.69) is 91.4 Å². The van der Waals surface area contributed by atoms with Crippen molar-refractivity contribution in [1.82, 2.24) is 0 Å². The summed E-state index contributed by atoms with van der Waals surface area (Å²) in [6.45, 7) is 4.97. The molecule has 0 amide bonds. The highest BCUT2D eigenvalue weighted by Crippen LogP contribution is 2.82. The maximum Gasteiger partial charge on any atom is 0.0150 e. The number of rotatable bonds is 1. The summed E-state index contributed by atoms with van der Waals surface area (Å²) in [6.07, 6.45) is 6.64. The van der Waals surface area contributed by atoms with Crippen molar-refractivity contribution in [3.05, 3.63) is 72.3 Å². The first-order chi connectivity index (χ1) is 15.2. The molecular formula is C29H30S2. The molecule has 4 aromatic rings. The van der Waals surface area contributed by atoms with Crippen molar-refractivity contribution in [2.45, 2.75) is 61.0 Å². The molecule has 158 valence electrons. The summed E-state index contributed by atoms with van der Waals surface area (Å²) >= 11 is 0. The Kier molecular flexibility index (Phi) is 4.85. The van der Waals surface area contributed by atoms with Crippen LogP contribution in [-0.4, -0.2) is 11.0 Å². The topological polar surface area (TPSA) is 0 Å². The van der Waals surface area contributed by atoms with E-state index in [4.69, 9.17) is 0 Å². The number of hydrogen-bond donors (Lipinski definition) is 0. The lowest BCUT2D eigenvalue weighted by molar-refractivity contribution is 0.667. The highest BCUT2D eigenvalue weighted by molar-refractivity contribution is 8.94. The lowest BCUT2D eigenvalue weighted by Gasteiger charge is -2.43. The Hall–Kier alpha value is -1.90. The Balaban J connectivity index is 1.83. The maximum absolute atomic E-state index is 2.55. The fourth-order valence-corrected chi connectivity index (χ4v) is 13.6. The van der Waals surface area contributed by atoms with Gasteiger partial charge in [-0.25, -0.2) is 0 Å². The van der Waals surface area contributed by atoms with Crippen LogP contribution in [0.1, 0.15) is 45.1 Å². The Morgan fingerprint density at radius 1 is 0.742 bits per heavy atom. The van der Waals surface area contributed by atoms with Crippen LogP contribution in [0.25, 0.3) is 32.7 Å². The van der Waals surface area contributed by atoms with Crippen LogP contribution < -0.4 is 0 Å². The summed E-state index contributed by atoms with van der Waals surface area (Å²) < 4.78 is 0. The number of aryl methyl sites for hydroxylation is 1. The van der Waals surface area contributed by atoms with E-state index in [0.717, 1.165) is 0 Å². The molecule has 0 radical (unpaired) electrons. The summed E-state index contributed by atoms with van der Waals surface area (Å²) in [6, 6.07) is 25.6. The van der Waals surface area contributed by atoms with Crippen molar-refractivity contribution in [3.63, 3.8) is 0 Å². The quantitative estimate of drug-likeness (QED) is 0.265. The lowest BCUT2D eigenvalue weighted by Crippen LogP contribution is -2.11. The van der Waals surface area contributed by atoms with Crippen LogP contribution in [0.3, 0.4) is 0 Å². The van der Waals surface area contributed by atoms with Crippen molar-refractivity contribution in [3.8, 4) is 11.1 Å². The van der Waals surface area contributed by atoms with E-state index in [1.54, 1.807) is 26.5 Å². The first kappa shape index (κ1) is 19.8. The summed E-state index contributed by atoms with van der Waals surface area (Å²) in [5.41, 5.74) is 4.74. The molecule has 2 aliphatic heterocycles. The SMILES string of the molecule is CC(C)S12SCCCCCCc3cc4ccccc4c(c31)-c1c2ccc2ccccc12. The van der Waals surface area contributed by atoms with Gasteiger partial charge in [0.25, 0.3) is 0 Å². The molecule has 0 aliphatic carbocycles. The average Bonchev–Trinajstić information content (AvgIpc) is 3.11. The van der Waals surface area contributed by atoms with Gasteiger partial charge in [0.15, 0.2) is 0 Å². The van der Waals surface area contributed by atoms with Gasteiger partial charge >= 0.3 is 0 Å². The smallest absolute Gasteiger partial charge is 0.0150 e. The molecule has 0 nitrogen and oxygen atoms in total. The molecule has 0 aromatic heterocycles. The molecule has 0 spiro atoms. The van der Waals surface area contributed by atoms with Gasteiger partial charge in [-0.05, 0) is 57.7 Å². The minimum absolute atomic E-state index is 0.623. The van der Waals surface area contributed by atoms with Gasteiger partial charge in [0.05, 0.1) is 0 Å². The summed E-state index contributed by atoms with van der Waals surface area (Å²) in [7, 11) is 1.17. The molecule has 31 heavy (non-hydrogen) atoms. The van der Waals surface area contributed by atoms with E-state index in [1.807, 2.05) is 0 Å². The largest absolute Gasteiger partial charge is 0.134 e. The van der Waals surface area contributed by atoms with E-state index in [9.17, 15) is 0 Å². The molecule has 2 heterocycles. The molecule has 1 unspecified atom stereocenters. The summed E-state index contributed by atoms with van der Waals surface area (Å²) in [5.74, 6) is 1.28. The van der Waals surface area contributed by atoms with E-state index < -0.39 is 9.06 Å². The summed E-state index contributed by atoms with van der Waals surface area (Å²) in [5, 5.41) is 6.30. The second-order valence-electron chi connectivity index (χ2n) is 9.26. The Bertz CT molecular complexity index is 1300. The first-order valence-corrected chi connectivity index (χ1v) is 14.9. The van der Waals surface area contributed by atoms with Crippen molar-refractivity contribution < 1.29 is 0 Å². The number of fused-ring (bicyclic) bond motifs is 7. The van der Waals surface area contributed by atoms with Crippen LogP contribution in [0.5, 0.6) is 0 Å². The zero-order valence-corrected chi connectivity index (χ0v) is 20.1. The van der Waals surface area contributed by atoms with Crippen molar-refractivity contribution >= 4 is 41.4 Å². The first-order valence-electron chi connectivity index (χ1n) is 11.8. The second kappa shape index (κ2) is 7.60. The zero-order chi connectivity index (χ0) is 21.0. The molecule has 6 rings (SSSR count). The van der Waals surface area contributed by atoms with E-state index in [-0.39, 0.29) is 0 Å². The summed E-state index contributed by atoms with van der Waals surface area (Å²) in [4.78, 5) is 3.36. The highest BCUT2D eigenvalue weighted by atomic mass is 33.2. The van der Waals surface area contributed by atoms with Crippen molar-refractivity contribution in [1.29, 1.82) is 0 Å². The van der Waals surface area contributed by atoms with E-state index in [0.29, 0.717) is 5.25 Å². The van der Waals surface area contributed by atoms with Gasteiger partial charge in [-0.3, -0.25) is 0 Å². The van der Waals surface area contributed by atoms with E-state index in [1.165, 1.54) is 59.4 Å². The third-order valence-electron chi connectivity index (χ3n) is 7.12. The van der Waals surface area contributed by atoms with Crippen LogP contribution in [0, 0.1) is 0 Å². The molecule has 4 aromatic carbocycles. The second-order valence-corrected chi connectivity index (χ2v) is 15.2. The van der Waals surface area contributed by atoms with Gasteiger partial charge in [-0.2, -0.15) is 0 Å². The monoisotopic (exact) mass is 442 g/mol. The van der Waals surface area contributed by atoms with Crippen LogP contribution >= 0.6 is 19.9 Å². The number of benzene rings is 4. The van der Waals surface area contributed by atoms with Gasteiger partial charge < -0.3 is 0 Å². The molecule has 0 N–H and O–H groups in total. The average molecular weight is 443 g/mol. The fourth-order valence-electron chi connectivity index (χ4n) is 5.75.